The van der Waals surface area contributed by atoms with Crippen LogP contribution in [0.4, 0.5) is 0 Å². The van der Waals surface area contributed by atoms with Crippen LogP contribution in [-0.4, -0.2) is 69.5 Å². The average Bonchev–Trinajstić information content (AvgIpc) is 2.83. The Labute approximate surface area is 103 Å². The topological polar surface area (TPSA) is 61.9 Å². The molecule has 100 valence electrons. The largest absolute Gasteiger partial charge is 0.379 e. The van der Waals surface area contributed by atoms with Gasteiger partial charge in [-0.25, -0.2) is 0 Å². The summed E-state index contributed by atoms with van der Waals surface area (Å²) in [7, 11) is -1.65. The van der Waals surface area contributed by atoms with Gasteiger partial charge in [-0.15, -0.1) is 0 Å². The first-order chi connectivity index (χ1) is 8.10. The molecule has 1 atom stereocenters. The lowest BCUT2D eigenvalue weighted by Crippen LogP contribution is -2.49. The molecule has 0 aromatic heterocycles. The summed E-state index contributed by atoms with van der Waals surface area (Å²) in [6.45, 7) is 3.47. The molecule has 2 aliphatic heterocycles. The zero-order valence-corrected chi connectivity index (χ0v) is 11.1. The number of rotatable bonds is 4. The molecule has 0 aliphatic carbocycles. The lowest BCUT2D eigenvalue weighted by molar-refractivity contribution is 0.0705. The predicted molar refractivity (Wildman–Crippen MR) is 65.0 cm³/mol. The molecule has 1 unspecified atom stereocenters. The molecule has 0 aromatic rings. The van der Waals surface area contributed by atoms with Crippen molar-refractivity contribution in [3.63, 3.8) is 0 Å². The molecule has 2 rings (SSSR count). The van der Waals surface area contributed by atoms with Crippen molar-refractivity contribution in [1.82, 2.24) is 13.9 Å². The van der Waals surface area contributed by atoms with Crippen LogP contribution in [0.25, 0.3) is 0 Å². The van der Waals surface area contributed by atoms with Crippen LogP contribution in [0.1, 0.15) is 12.8 Å². The summed E-state index contributed by atoms with van der Waals surface area (Å²) in [6.07, 6.45) is 2.19. The van der Waals surface area contributed by atoms with Crippen LogP contribution in [0.2, 0.25) is 0 Å². The molecule has 17 heavy (non-hydrogen) atoms. The van der Waals surface area contributed by atoms with E-state index in [0.29, 0.717) is 38.9 Å². The van der Waals surface area contributed by atoms with Gasteiger partial charge in [-0.3, -0.25) is 0 Å². The Kier molecular flexibility index (Phi) is 4.37. The fourth-order valence-electron chi connectivity index (χ4n) is 2.29. The van der Waals surface area contributed by atoms with Crippen LogP contribution in [0.3, 0.4) is 0 Å². The Bertz CT molecular complexity index is 335. The number of nitrogens with one attached hydrogen (secondary N) is 1. The van der Waals surface area contributed by atoms with Gasteiger partial charge in [-0.2, -0.15) is 17.0 Å². The number of likely N-dealkylation sites (N-methyl/N-ethyl adjacent to an activating group) is 1. The SMILES string of the molecule is CN(CC1CCCN1)S(=O)(=O)N1CCOCC1. The van der Waals surface area contributed by atoms with Gasteiger partial charge in [0.05, 0.1) is 13.2 Å². The molecule has 0 spiro atoms. The van der Waals surface area contributed by atoms with Crippen molar-refractivity contribution in [2.75, 3.05) is 46.4 Å². The molecule has 1 N–H and O–H groups in total. The van der Waals surface area contributed by atoms with E-state index in [1.54, 1.807) is 7.05 Å². The highest BCUT2D eigenvalue weighted by molar-refractivity contribution is 7.86. The van der Waals surface area contributed by atoms with Crippen LogP contribution >= 0.6 is 0 Å². The van der Waals surface area contributed by atoms with Gasteiger partial charge < -0.3 is 10.1 Å². The van der Waals surface area contributed by atoms with E-state index in [9.17, 15) is 8.42 Å². The lowest BCUT2D eigenvalue weighted by Gasteiger charge is -2.31. The van der Waals surface area contributed by atoms with Crippen molar-refractivity contribution in [3.05, 3.63) is 0 Å². The summed E-state index contributed by atoms with van der Waals surface area (Å²) < 4.78 is 32.6. The van der Waals surface area contributed by atoms with Gasteiger partial charge in [0.2, 0.25) is 0 Å². The molecule has 2 heterocycles. The maximum atomic E-state index is 12.2. The van der Waals surface area contributed by atoms with E-state index in [4.69, 9.17) is 4.74 Å². The Morgan fingerprint density at radius 3 is 2.71 bits per heavy atom. The molecule has 2 aliphatic rings. The van der Waals surface area contributed by atoms with E-state index in [1.165, 1.54) is 8.61 Å². The van der Waals surface area contributed by atoms with Crippen molar-refractivity contribution >= 4 is 10.2 Å². The fourth-order valence-corrected chi connectivity index (χ4v) is 3.66. The summed E-state index contributed by atoms with van der Waals surface area (Å²) in [5.74, 6) is 0. The Balaban J connectivity index is 1.93. The van der Waals surface area contributed by atoms with Crippen LogP contribution in [0.5, 0.6) is 0 Å². The second kappa shape index (κ2) is 5.62. The van der Waals surface area contributed by atoms with Gasteiger partial charge >= 0.3 is 0 Å². The summed E-state index contributed by atoms with van der Waals surface area (Å²) in [6, 6.07) is 0.302. The summed E-state index contributed by atoms with van der Waals surface area (Å²) >= 11 is 0. The highest BCUT2D eigenvalue weighted by Gasteiger charge is 2.30. The van der Waals surface area contributed by atoms with Crippen LogP contribution in [0, 0.1) is 0 Å². The molecule has 6 nitrogen and oxygen atoms in total. The lowest BCUT2D eigenvalue weighted by atomic mass is 10.2. The maximum absolute atomic E-state index is 12.2. The van der Waals surface area contributed by atoms with Gasteiger partial charge in [-0.1, -0.05) is 0 Å². The van der Waals surface area contributed by atoms with Crippen molar-refractivity contribution in [2.24, 2.45) is 0 Å². The summed E-state index contributed by atoms with van der Waals surface area (Å²) in [4.78, 5) is 0. The number of hydrogen-bond acceptors (Lipinski definition) is 4. The molecule has 7 heteroatoms. The zero-order chi connectivity index (χ0) is 12.3. The molecule has 0 bridgehead atoms. The van der Waals surface area contributed by atoms with E-state index in [2.05, 4.69) is 5.32 Å². The molecule has 2 saturated heterocycles. The third-order valence-corrected chi connectivity index (χ3v) is 5.28. The van der Waals surface area contributed by atoms with E-state index in [-0.39, 0.29) is 0 Å². The van der Waals surface area contributed by atoms with Crippen molar-refractivity contribution in [2.45, 2.75) is 18.9 Å². The third-order valence-electron chi connectivity index (χ3n) is 3.33. The Morgan fingerprint density at radius 2 is 2.12 bits per heavy atom. The monoisotopic (exact) mass is 263 g/mol. The normalized spacial score (nSPS) is 27.8. The minimum absolute atomic E-state index is 0.302. The highest BCUT2D eigenvalue weighted by atomic mass is 32.2. The van der Waals surface area contributed by atoms with Gasteiger partial charge in [0, 0.05) is 32.7 Å². The van der Waals surface area contributed by atoms with Crippen molar-refractivity contribution < 1.29 is 13.2 Å². The maximum Gasteiger partial charge on any atom is 0.281 e. The van der Waals surface area contributed by atoms with E-state index >= 15 is 0 Å². The minimum atomic E-state index is -3.30. The van der Waals surface area contributed by atoms with Crippen LogP contribution in [-0.2, 0) is 14.9 Å². The van der Waals surface area contributed by atoms with Crippen molar-refractivity contribution in [3.8, 4) is 0 Å². The van der Waals surface area contributed by atoms with Gasteiger partial charge in [0.15, 0.2) is 0 Å². The number of hydrogen-bond donors (Lipinski definition) is 1. The molecular formula is C10H21N3O3S. The average molecular weight is 263 g/mol. The predicted octanol–water partition coefficient (Wildman–Crippen LogP) is -0.753. The second-order valence-electron chi connectivity index (χ2n) is 4.59. The summed E-state index contributed by atoms with van der Waals surface area (Å²) in [5, 5.41) is 3.31. The number of nitrogens with zero attached hydrogens (tertiary/aromatic N) is 2. The van der Waals surface area contributed by atoms with E-state index < -0.39 is 10.2 Å². The number of morpholine rings is 1. The Hall–Kier alpha value is -0.210. The minimum Gasteiger partial charge on any atom is -0.379 e. The summed E-state index contributed by atoms with van der Waals surface area (Å²) in [5.41, 5.74) is 0. The molecule has 0 saturated carbocycles. The quantitative estimate of drug-likeness (QED) is 0.725. The van der Waals surface area contributed by atoms with Crippen molar-refractivity contribution in [1.29, 1.82) is 0 Å². The Morgan fingerprint density at radius 1 is 1.41 bits per heavy atom. The first-order valence-corrected chi connectivity index (χ1v) is 7.53. The smallest absolute Gasteiger partial charge is 0.281 e. The standard InChI is InChI=1S/C10H21N3O3S/c1-12(9-10-3-2-4-11-10)17(14,15)13-5-7-16-8-6-13/h10-11H,2-9H2,1H3. The second-order valence-corrected chi connectivity index (χ2v) is 6.63. The molecule has 2 fully saturated rings. The van der Waals surface area contributed by atoms with Crippen LogP contribution < -0.4 is 5.32 Å². The molecule has 0 amide bonds. The van der Waals surface area contributed by atoms with Gasteiger partial charge in [0.25, 0.3) is 10.2 Å². The highest BCUT2D eigenvalue weighted by Crippen LogP contribution is 2.12. The first-order valence-electron chi connectivity index (χ1n) is 6.13. The number of ether oxygens (including phenoxy) is 1. The van der Waals surface area contributed by atoms with Gasteiger partial charge in [0.1, 0.15) is 0 Å². The fraction of sp³-hybridized carbons (Fsp3) is 1.00. The van der Waals surface area contributed by atoms with Gasteiger partial charge in [-0.05, 0) is 19.4 Å². The molecule has 0 radical (unpaired) electrons. The molecule has 0 aromatic carbocycles. The van der Waals surface area contributed by atoms with Crippen LogP contribution in [0.15, 0.2) is 0 Å². The third kappa shape index (κ3) is 3.17. The molecular weight excluding hydrogens is 242 g/mol. The van der Waals surface area contributed by atoms with E-state index in [0.717, 1.165) is 19.4 Å². The first kappa shape index (κ1) is 13.2. The zero-order valence-electron chi connectivity index (χ0n) is 10.3. The van der Waals surface area contributed by atoms with E-state index in [1.807, 2.05) is 0 Å².